The Morgan fingerprint density at radius 3 is 2.38 bits per heavy atom. The van der Waals surface area contributed by atoms with Crippen LogP contribution in [-0.4, -0.2) is 43.2 Å². The summed E-state index contributed by atoms with van der Waals surface area (Å²) in [5.41, 5.74) is 5.06. The molecule has 3 atom stereocenters. The van der Waals surface area contributed by atoms with Crippen molar-refractivity contribution in [3.05, 3.63) is 0 Å². The molecule has 0 aromatic rings. The fraction of sp³-hybridized carbons (Fsp3) is 0.917. The molecule has 2 N–H and O–H groups in total. The van der Waals surface area contributed by atoms with E-state index in [0.717, 1.165) is 31.5 Å². The molecule has 1 rings (SSSR count). The highest BCUT2D eigenvalue weighted by Crippen LogP contribution is 2.23. The summed E-state index contributed by atoms with van der Waals surface area (Å²) in [6, 6.07) is 0. The van der Waals surface area contributed by atoms with Crippen LogP contribution in [0, 0.1) is 11.8 Å². The highest BCUT2D eigenvalue weighted by molar-refractivity contribution is 5.79. The van der Waals surface area contributed by atoms with E-state index in [-0.39, 0.29) is 5.97 Å². The Hall–Kier alpha value is -0.610. The largest absolute Gasteiger partial charge is 0.468 e. The Labute approximate surface area is 98.1 Å². The number of rotatable bonds is 4. The molecule has 4 nitrogen and oxygen atoms in total. The van der Waals surface area contributed by atoms with Gasteiger partial charge in [-0.2, -0.15) is 0 Å². The number of nitrogens with zero attached hydrogens (tertiary/aromatic N) is 1. The van der Waals surface area contributed by atoms with Gasteiger partial charge >= 0.3 is 5.97 Å². The van der Waals surface area contributed by atoms with Crippen molar-refractivity contribution in [2.45, 2.75) is 32.7 Å². The lowest BCUT2D eigenvalue weighted by molar-refractivity contribution is -0.146. The van der Waals surface area contributed by atoms with Crippen LogP contribution in [0.25, 0.3) is 0 Å². The normalized spacial score (nSPS) is 30.1. The van der Waals surface area contributed by atoms with E-state index < -0.39 is 5.54 Å². The van der Waals surface area contributed by atoms with E-state index in [9.17, 15) is 4.79 Å². The van der Waals surface area contributed by atoms with Crippen LogP contribution < -0.4 is 5.73 Å². The second-order valence-corrected chi connectivity index (χ2v) is 5.37. The molecule has 4 heteroatoms. The molecular weight excluding hydrogens is 204 g/mol. The number of ether oxygens (including phenoxy) is 1. The zero-order valence-corrected chi connectivity index (χ0v) is 10.8. The minimum absolute atomic E-state index is 0.326. The van der Waals surface area contributed by atoms with Crippen LogP contribution >= 0.6 is 0 Å². The number of esters is 1. The quantitative estimate of drug-likeness (QED) is 0.725. The van der Waals surface area contributed by atoms with E-state index in [1.54, 1.807) is 6.92 Å². The molecule has 0 radical (unpaired) electrons. The van der Waals surface area contributed by atoms with Crippen LogP contribution in [0.4, 0.5) is 0 Å². The van der Waals surface area contributed by atoms with Gasteiger partial charge in [0.25, 0.3) is 0 Å². The maximum absolute atomic E-state index is 11.4. The minimum Gasteiger partial charge on any atom is -0.468 e. The van der Waals surface area contributed by atoms with Crippen molar-refractivity contribution in [2.75, 3.05) is 26.7 Å². The molecule has 0 aromatic heterocycles. The first-order valence-corrected chi connectivity index (χ1v) is 5.96. The Kier molecular flexibility index (Phi) is 4.33. The zero-order chi connectivity index (χ0) is 12.3. The lowest BCUT2D eigenvalue weighted by Gasteiger charge is -2.24. The number of methoxy groups -OCH3 is 1. The van der Waals surface area contributed by atoms with Crippen molar-refractivity contribution in [1.29, 1.82) is 0 Å². The number of carbonyl (C=O) groups is 1. The molecule has 94 valence electrons. The third kappa shape index (κ3) is 3.19. The van der Waals surface area contributed by atoms with Gasteiger partial charge in [-0.15, -0.1) is 0 Å². The summed E-state index contributed by atoms with van der Waals surface area (Å²) in [4.78, 5) is 13.8. The van der Waals surface area contributed by atoms with Crippen molar-refractivity contribution in [1.82, 2.24) is 4.90 Å². The lowest BCUT2D eigenvalue weighted by Crippen LogP contribution is -2.48. The molecule has 16 heavy (non-hydrogen) atoms. The average Bonchev–Trinajstić information content (AvgIpc) is 2.54. The lowest BCUT2D eigenvalue weighted by atomic mass is 9.99. The van der Waals surface area contributed by atoms with E-state index in [0.29, 0.717) is 6.42 Å². The summed E-state index contributed by atoms with van der Waals surface area (Å²) in [7, 11) is 1.38. The second kappa shape index (κ2) is 5.15. The van der Waals surface area contributed by atoms with Gasteiger partial charge < -0.3 is 15.4 Å². The first kappa shape index (κ1) is 13.5. The molecule has 1 aliphatic heterocycles. The van der Waals surface area contributed by atoms with Gasteiger partial charge in [-0.1, -0.05) is 13.8 Å². The summed E-state index contributed by atoms with van der Waals surface area (Å²) >= 11 is 0. The molecule has 1 heterocycles. The van der Waals surface area contributed by atoms with Gasteiger partial charge in [0.15, 0.2) is 0 Å². The monoisotopic (exact) mass is 228 g/mol. The van der Waals surface area contributed by atoms with Crippen molar-refractivity contribution in [3.8, 4) is 0 Å². The Morgan fingerprint density at radius 1 is 1.44 bits per heavy atom. The fourth-order valence-corrected chi connectivity index (χ4v) is 2.16. The highest BCUT2D eigenvalue weighted by atomic mass is 16.5. The van der Waals surface area contributed by atoms with Crippen molar-refractivity contribution < 1.29 is 9.53 Å². The summed E-state index contributed by atoms with van der Waals surface area (Å²) in [6.07, 6.45) is 0.652. The van der Waals surface area contributed by atoms with Gasteiger partial charge in [-0.25, -0.2) is 0 Å². The number of hydrogen-bond acceptors (Lipinski definition) is 4. The zero-order valence-electron chi connectivity index (χ0n) is 10.8. The van der Waals surface area contributed by atoms with Crippen LogP contribution in [-0.2, 0) is 9.53 Å². The molecule has 1 saturated heterocycles. The number of nitrogens with two attached hydrogens (primary N) is 1. The molecule has 0 aromatic carbocycles. The molecule has 0 aliphatic carbocycles. The van der Waals surface area contributed by atoms with E-state index in [1.165, 1.54) is 7.11 Å². The van der Waals surface area contributed by atoms with Gasteiger partial charge in [0, 0.05) is 19.6 Å². The summed E-state index contributed by atoms with van der Waals surface area (Å²) in [5, 5.41) is 0. The number of hydrogen-bond donors (Lipinski definition) is 1. The standard InChI is InChI=1S/C12H24N2O2/c1-9-7-14(8-10(9)2)6-5-12(3,13)11(15)16-4/h9-10H,5-8,13H2,1-4H3. The Balaban J connectivity index is 2.38. The van der Waals surface area contributed by atoms with Crippen LogP contribution in [0.5, 0.6) is 0 Å². The number of likely N-dealkylation sites (tertiary alicyclic amines) is 1. The predicted octanol–water partition coefficient (Wildman–Crippen LogP) is 0.855. The molecule has 0 saturated carbocycles. The third-order valence-corrected chi connectivity index (χ3v) is 3.66. The summed E-state index contributed by atoms with van der Waals surface area (Å²) in [6.45, 7) is 9.37. The Morgan fingerprint density at radius 2 is 1.94 bits per heavy atom. The van der Waals surface area contributed by atoms with Crippen LogP contribution in [0.2, 0.25) is 0 Å². The first-order valence-electron chi connectivity index (χ1n) is 5.96. The smallest absolute Gasteiger partial charge is 0.325 e. The predicted molar refractivity (Wildman–Crippen MR) is 64.0 cm³/mol. The van der Waals surface area contributed by atoms with Gasteiger partial charge in [0.2, 0.25) is 0 Å². The fourth-order valence-electron chi connectivity index (χ4n) is 2.16. The summed E-state index contributed by atoms with van der Waals surface area (Å²) in [5.74, 6) is 1.15. The molecule has 0 amide bonds. The Bertz CT molecular complexity index is 243. The molecule has 0 spiro atoms. The van der Waals surface area contributed by atoms with Crippen LogP contribution in [0.15, 0.2) is 0 Å². The van der Waals surface area contributed by atoms with E-state index >= 15 is 0 Å². The van der Waals surface area contributed by atoms with Crippen molar-refractivity contribution in [2.24, 2.45) is 17.6 Å². The molecule has 0 bridgehead atoms. The first-order chi connectivity index (χ1) is 7.36. The summed E-state index contributed by atoms with van der Waals surface area (Å²) < 4.78 is 4.69. The minimum atomic E-state index is -0.857. The highest BCUT2D eigenvalue weighted by Gasteiger charge is 2.32. The maximum atomic E-state index is 11.4. The van der Waals surface area contributed by atoms with Crippen molar-refractivity contribution >= 4 is 5.97 Å². The second-order valence-electron chi connectivity index (χ2n) is 5.37. The van der Waals surface area contributed by atoms with Gasteiger partial charge in [-0.05, 0) is 25.2 Å². The average molecular weight is 228 g/mol. The SMILES string of the molecule is COC(=O)C(C)(N)CCN1CC(C)C(C)C1. The van der Waals surface area contributed by atoms with Gasteiger partial charge in [-0.3, -0.25) is 4.79 Å². The van der Waals surface area contributed by atoms with Crippen LogP contribution in [0.3, 0.4) is 0 Å². The topological polar surface area (TPSA) is 55.6 Å². The van der Waals surface area contributed by atoms with Gasteiger partial charge in [0.05, 0.1) is 7.11 Å². The number of carbonyl (C=O) groups excluding carboxylic acids is 1. The third-order valence-electron chi connectivity index (χ3n) is 3.66. The van der Waals surface area contributed by atoms with Crippen LogP contribution in [0.1, 0.15) is 27.2 Å². The molecule has 3 unspecified atom stereocenters. The molecule has 1 fully saturated rings. The van der Waals surface area contributed by atoms with Gasteiger partial charge in [0.1, 0.15) is 5.54 Å². The van der Waals surface area contributed by atoms with E-state index in [1.807, 2.05) is 0 Å². The van der Waals surface area contributed by atoms with E-state index in [4.69, 9.17) is 5.73 Å². The van der Waals surface area contributed by atoms with E-state index in [2.05, 4.69) is 23.5 Å². The molecular formula is C12H24N2O2. The van der Waals surface area contributed by atoms with Crippen molar-refractivity contribution in [3.63, 3.8) is 0 Å². The molecule has 1 aliphatic rings. The maximum Gasteiger partial charge on any atom is 0.325 e.